The van der Waals surface area contributed by atoms with Gasteiger partial charge in [-0.15, -0.1) is 11.3 Å². The van der Waals surface area contributed by atoms with Crippen LogP contribution in [0.25, 0.3) is 0 Å². The molecule has 0 aliphatic rings. The Morgan fingerprint density at radius 2 is 1.67 bits per heavy atom. The van der Waals surface area contributed by atoms with E-state index >= 15 is 0 Å². The van der Waals surface area contributed by atoms with Crippen molar-refractivity contribution >= 4 is 33.0 Å². The van der Waals surface area contributed by atoms with Gasteiger partial charge in [-0.05, 0) is 64.0 Å². The molecule has 2 aromatic rings. The van der Waals surface area contributed by atoms with Gasteiger partial charge in [0.05, 0.1) is 9.83 Å². The van der Waals surface area contributed by atoms with Crippen LogP contribution in [0.2, 0.25) is 0 Å². The van der Waals surface area contributed by atoms with Crippen molar-refractivity contribution in [3.05, 3.63) is 50.1 Å². The largest absolute Gasteiger partial charge is 0.377 e. The lowest BCUT2D eigenvalue weighted by Gasteiger charge is -2.21. The maximum Gasteiger partial charge on any atom is 0.0702 e. The fourth-order valence-corrected chi connectivity index (χ4v) is 3.84. The van der Waals surface area contributed by atoms with Crippen LogP contribution >= 0.6 is 27.3 Å². The summed E-state index contributed by atoms with van der Waals surface area (Å²) in [6.07, 6.45) is 0. The average molecular weight is 366 g/mol. The molecule has 1 unspecified atom stereocenters. The number of nitrogens with one attached hydrogen (secondary N) is 1. The number of rotatable bonds is 5. The van der Waals surface area contributed by atoms with E-state index < -0.39 is 0 Å². The molecule has 1 N–H and O–H groups in total. The molecule has 1 aromatic heterocycles. The molecule has 0 spiro atoms. The highest BCUT2D eigenvalue weighted by atomic mass is 79.9. The van der Waals surface area contributed by atoms with Crippen LogP contribution in [0, 0.1) is 0 Å². The fraction of sp³-hybridized carbons (Fsp3) is 0.444. The number of anilines is 1. The van der Waals surface area contributed by atoms with Crippen LogP contribution in [0.15, 0.2) is 34.1 Å². The fourth-order valence-electron chi connectivity index (χ4n) is 2.41. The molecule has 0 aliphatic heterocycles. The summed E-state index contributed by atoms with van der Waals surface area (Å²) in [4.78, 5) is 1.35. The van der Waals surface area contributed by atoms with E-state index in [1.165, 1.54) is 25.5 Å². The Balaban J connectivity index is 2.26. The molecule has 0 amide bonds. The monoisotopic (exact) mass is 365 g/mol. The summed E-state index contributed by atoms with van der Waals surface area (Å²) in [6.45, 7) is 11.2. The van der Waals surface area contributed by atoms with Crippen LogP contribution in [0.4, 0.5) is 5.69 Å². The SMILES string of the molecule is CC(C)c1ccc(NC(C)c2ccc(Br)s2)c(C(C)C)c1. The molecule has 2 rings (SSSR count). The third kappa shape index (κ3) is 4.10. The van der Waals surface area contributed by atoms with E-state index in [1.807, 2.05) is 0 Å². The van der Waals surface area contributed by atoms with E-state index in [9.17, 15) is 0 Å². The third-order valence-corrected chi connectivity index (χ3v) is 5.56. The Morgan fingerprint density at radius 3 is 2.19 bits per heavy atom. The average Bonchev–Trinajstić information content (AvgIpc) is 2.85. The van der Waals surface area contributed by atoms with Gasteiger partial charge in [0.1, 0.15) is 0 Å². The van der Waals surface area contributed by atoms with Gasteiger partial charge in [-0.25, -0.2) is 0 Å². The maximum atomic E-state index is 3.68. The van der Waals surface area contributed by atoms with Crippen LogP contribution in [0.3, 0.4) is 0 Å². The summed E-state index contributed by atoms with van der Waals surface area (Å²) < 4.78 is 1.19. The minimum atomic E-state index is 0.323. The molecule has 0 aliphatic carbocycles. The van der Waals surface area contributed by atoms with Gasteiger partial charge >= 0.3 is 0 Å². The number of benzene rings is 1. The van der Waals surface area contributed by atoms with Crippen molar-refractivity contribution in [1.29, 1.82) is 0 Å². The van der Waals surface area contributed by atoms with Gasteiger partial charge in [0.2, 0.25) is 0 Å². The molecular weight excluding hydrogens is 342 g/mol. The Bertz CT molecular complexity index is 601. The van der Waals surface area contributed by atoms with Gasteiger partial charge in [0.25, 0.3) is 0 Å². The Kier molecular flexibility index (Phi) is 5.50. The molecule has 1 aromatic carbocycles. The highest BCUT2D eigenvalue weighted by Crippen LogP contribution is 2.33. The van der Waals surface area contributed by atoms with Crippen molar-refractivity contribution in [2.24, 2.45) is 0 Å². The number of hydrogen-bond acceptors (Lipinski definition) is 2. The molecular formula is C18H24BrNS. The van der Waals surface area contributed by atoms with E-state index in [0.717, 1.165) is 0 Å². The van der Waals surface area contributed by atoms with Gasteiger partial charge in [0, 0.05) is 10.6 Å². The molecule has 1 nitrogen and oxygen atoms in total. The molecule has 0 saturated carbocycles. The second-order valence-corrected chi connectivity index (χ2v) is 8.66. The molecule has 1 atom stereocenters. The highest BCUT2D eigenvalue weighted by Gasteiger charge is 2.13. The van der Waals surface area contributed by atoms with Gasteiger partial charge in [-0.3, -0.25) is 0 Å². The van der Waals surface area contributed by atoms with Crippen LogP contribution in [-0.4, -0.2) is 0 Å². The zero-order valence-corrected chi connectivity index (χ0v) is 15.8. The first kappa shape index (κ1) is 16.6. The first-order valence-corrected chi connectivity index (χ1v) is 9.15. The first-order chi connectivity index (χ1) is 9.88. The minimum Gasteiger partial charge on any atom is -0.377 e. The standard InChI is InChI=1S/C18H24BrNS/c1-11(2)14-6-7-16(15(10-14)12(3)4)20-13(5)17-8-9-18(19)21-17/h6-13,20H,1-5H3. The van der Waals surface area contributed by atoms with Gasteiger partial charge < -0.3 is 5.32 Å². The second-order valence-electron chi connectivity index (χ2n) is 6.16. The zero-order chi connectivity index (χ0) is 15.6. The molecule has 114 valence electrons. The van der Waals surface area contributed by atoms with E-state index in [1.54, 1.807) is 11.3 Å². The normalized spacial score (nSPS) is 13.0. The van der Waals surface area contributed by atoms with Gasteiger partial charge in [0.15, 0.2) is 0 Å². The third-order valence-electron chi connectivity index (χ3n) is 3.76. The summed E-state index contributed by atoms with van der Waals surface area (Å²) in [5, 5.41) is 3.68. The van der Waals surface area contributed by atoms with Gasteiger partial charge in [-0.1, -0.05) is 39.8 Å². The molecule has 0 saturated heterocycles. The van der Waals surface area contributed by atoms with Crippen molar-refractivity contribution in [2.75, 3.05) is 5.32 Å². The Morgan fingerprint density at radius 1 is 0.952 bits per heavy atom. The highest BCUT2D eigenvalue weighted by molar-refractivity contribution is 9.11. The van der Waals surface area contributed by atoms with E-state index in [2.05, 4.69) is 86.2 Å². The predicted molar refractivity (Wildman–Crippen MR) is 98.7 cm³/mol. The number of thiophene rings is 1. The summed E-state index contributed by atoms with van der Waals surface area (Å²) in [7, 11) is 0. The molecule has 0 fully saturated rings. The van der Waals surface area contributed by atoms with Crippen LogP contribution in [0.1, 0.15) is 68.5 Å². The topological polar surface area (TPSA) is 12.0 Å². The Hall–Kier alpha value is -0.800. The van der Waals surface area contributed by atoms with Crippen molar-refractivity contribution in [3.63, 3.8) is 0 Å². The molecule has 0 bridgehead atoms. The van der Waals surface area contributed by atoms with Crippen molar-refractivity contribution in [2.45, 2.75) is 52.5 Å². The lowest BCUT2D eigenvalue weighted by molar-refractivity contribution is 0.825. The van der Waals surface area contributed by atoms with Gasteiger partial charge in [-0.2, -0.15) is 0 Å². The summed E-state index contributed by atoms with van der Waals surface area (Å²) in [5.74, 6) is 1.09. The number of hydrogen-bond donors (Lipinski definition) is 1. The quantitative estimate of drug-likeness (QED) is 0.605. The van der Waals surface area contributed by atoms with Crippen molar-refractivity contribution in [1.82, 2.24) is 0 Å². The molecule has 0 radical (unpaired) electrons. The zero-order valence-electron chi connectivity index (χ0n) is 13.4. The Labute approximate surface area is 140 Å². The van der Waals surface area contributed by atoms with Crippen LogP contribution in [-0.2, 0) is 0 Å². The van der Waals surface area contributed by atoms with E-state index in [0.29, 0.717) is 17.9 Å². The first-order valence-electron chi connectivity index (χ1n) is 7.54. The summed E-state index contributed by atoms with van der Waals surface area (Å²) in [6, 6.07) is 11.5. The van der Waals surface area contributed by atoms with E-state index in [4.69, 9.17) is 0 Å². The van der Waals surface area contributed by atoms with E-state index in [-0.39, 0.29) is 0 Å². The maximum absolute atomic E-state index is 3.68. The minimum absolute atomic E-state index is 0.323. The summed E-state index contributed by atoms with van der Waals surface area (Å²) >= 11 is 5.33. The number of halogens is 1. The van der Waals surface area contributed by atoms with Crippen LogP contribution in [0.5, 0.6) is 0 Å². The smallest absolute Gasteiger partial charge is 0.0702 e. The van der Waals surface area contributed by atoms with Crippen LogP contribution < -0.4 is 5.32 Å². The molecule has 3 heteroatoms. The lowest BCUT2D eigenvalue weighted by atomic mass is 9.94. The summed E-state index contributed by atoms with van der Waals surface area (Å²) in [5.41, 5.74) is 4.07. The molecule has 21 heavy (non-hydrogen) atoms. The molecule has 1 heterocycles. The lowest BCUT2D eigenvalue weighted by Crippen LogP contribution is -2.08. The predicted octanol–water partition coefficient (Wildman–Crippen LogP) is 6.93. The second kappa shape index (κ2) is 6.97. The van der Waals surface area contributed by atoms with Crippen molar-refractivity contribution in [3.8, 4) is 0 Å². The van der Waals surface area contributed by atoms with Crippen molar-refractivity contribution < 1.29 is 0 Å².